The van der Waals surface area contributed by atoms with Gasteiger partial charge in [0.15, 0.2) is 11.6 Å². The van der Waals surface area contributed by atoms with Crippen LogP contribution in [0.2, 0.25) is 0 Å². The highest BCUT2D eigenvalue weighted by atomic mass is 19.2. The summed E-state index contributed by atoms with van der Waals surface area (Å²) in [4.78, 5) is 0. The van der Waals surface area contributed by atoms with Gasteiger partial charge in [0.25, 0.3) is 0 Å². The van der Waals surface area contributed by atoms with Crippen molar-refractivity contribution in [3.63, 3.8) is 0 Å². The van der Waals surface area contributed by atoms with Gasteiger partial charge in [-0.2, -0.15) is 0 Å². The standard InChI is InChI=1S/C17H25F2N/c1-13(2)10-17(7-3-4-8-17)12-20-11-14-5-6-15(18)16(19)9-14/h5-6,9,13,20H,3-4,7-8,10-12H2,1-2H3. The molecule has 1 aliphatic carbocycles. The van der Waals surface area contributed by atoms with Crippen LogP contribution in [0.25, 0.3) is 0 Å². The molecule has 0 unspecified atom stereocenters. The minimum Gasteiger partial charge on any atom is -0.312 e. The number of rotatable bonds is 6. The summed E-state index contributed by atoms with van der Waals surface area (Å²) >= 11 is 0. The summed E-state index contributed by atoms with van der Waals surface area (Å²) in [7, 11) is 0. The van der Waals surface area contributed by atoms with E-state index in [9.17, 15) is 8.78 Å². The Labute approximate surface area is 120 Å². The van der Waals surface area contributed by atoms with Gasteiger partial charge in [0.05, 0.1) is 0 Å². The van der Waals surface area contributed by atoms with Crippen LogP contribution in [0.3, 0.4) is 0 Å². The predicted octanol–water partition coefficient (Wildman–Crippen LogP) is 4.66. The van der Waals surface area contributed by atoms with Crippen LogP contribution in [-0.4, -0.2) is 6.54 Å². The monoisotopic (exact) mass is 281 g/mol. The number of hydrogen-bond acceptors (Lipinski definition) is 1. The van der Waals surface area contributed by atoms with Crippen molar-refractivity contribution in [2.24, 2.45) is 11.3 Å². The van der Waals surface area contributed by atoms with Crippen LogP contribution in [0.1, 0.15) is 51.5 Å². The maximum Gasteiger partial charge on any atom is 0.159 e. The van der Waals surface area contributed by atoms with E-state index in [-0.39, 0.29) is 0 Å². The second-order valence-electron chi connectivity index (χ2n) is 6.66. The van der Waals surface area contributed by atoms with Gasteiger partial charge in [-0.25, -0.2) is 8.78 Å². The fourth-order valence-electron chi connectivity index (χ4n) is 3.57. The van der Waals surface area contributed by atoms with E-state index in [4.69, 9.17) is 0 Å². The van der Waals surface area contributed by atoms with Crippen molar-refractivity contribution >= 4 is 0 Å². The van der Waals surface area contributed by atoms with Crippen molar-refractivity contribution in [1.82, 2.24) is 5.32 Å². The van der Waals surface area contributed by atoms with Crippen LogP contribution >= 0.6 is 0 Å². The highest BCUT2D eigenvalue weighted by Gasteiger charge is 2.33. The zero-order valence-electron chi connectivity index (χ0n) is 12.5. The Morgan fingerprint density at radius 2 is 1.85 bits per heavy atom. The third kappa shape index (κ3) is 4.02. The van der Waals surface area contributed by atoms with Crippen molar-refractivity contribution in [2.75, 3.05) is 6.54 Å². The molecule has 1 aromatic rings. The van der Waals surface area contributed by atoms with Crippen LogP contribution in [0, 0.1) is 23.0 Å². The molecule has 1 nitrogen and oxygen atoms in total. The molecule has 0 atom stereocenters. The Morgan fingerprint density at radius 1 is 1.15 bits per heavy atom. The van der Waals surface area contributed by atoms with Gasteiger partial charge >= 0.3 is 0 Å². The fourth-order valence-corrected chi connectivity index (χ4v) is 3.57. The fraction of sp³-hybridized carbons (Fsp3) is 0.647. The smallest absolute Gasteiger partial charge is 0.159 e. The summed E-state index contributed by atoms with van der Waals surface area (Å²) in [5, 5.41) is 3.45. The first-order valence-electron chi connectivity index (χ1n) is 7.65. The first-order valence-corrected chi connectivity index (χ1v) is 7.65. The van der Waals surface area contributed by atoms with E-state index in [0.29, 0.717) is 17.9 Å². The van der Waals surface area contributed by atoms with Crippen LogP contribution in [0.15, 0.2) is 18.2 Å². The first kappa shape index (κ1) is 15.4. The Hall–Kier alpha value is -0.960. The minimum absolute atomic E-state index is 0.409. The number of hydrogen-bond donors (Lipinski definition) is 1. The van der Waals surface area contributed by atoms with Crippen LogP contribution in [0.5, 0.6) is 0 Å². The molecule has 1 aromatic carbocycles. The molecule has 0 aromatic heterocycles. The third-order valence-corrected chi connectivity index (χ3v) is 4.32. The third-order valence-electron chi connectivity index (χ3n) is 4.32. The molecular weight excluding hydrogens is 256 g/mol. The van der Waals surface area contributed by atoms with E-state index in [1.54, 1.807) is 6.07 Å². The summed E-state index contributed by atoms with van der Waals surface area (Å²) in [5.74, 6) is -0.832. The average Bonchev–Trinajstić information content (AvgIpc) is 2.81. The summed E-state index contributed by atoms with van der Waals surface area (Å²) in [6.07, 6.45) is 6.46. The lowest BCUT2D eigenvalue weighted by atomic mass is 9.78. The second kappa shape index (κ2) is 6.66. The van der Waals surface area contributed by atoms with Gasteiger partial charge in [0.1, 0.15) is 0 Å². The lowest BCUT2D eigenvalue weighted by Crippen LogP contribution is -2.33. The Balaban J connectivity index is 1.88. The van der Waals surface area contributed by atoms with E-state index in [2.05, 4.69) is 19.2 Å². The Kier molecular flexibility index (Phi) is 5.14. The molecule has 0 bridgehead atoms. The lowest BCUT2D eigenvalue weighted by Gasteiger charge is -2.31. The van der Waals surface area contributed by atoms with Gasteiger partial charge in [-0.1, -0.05) is 32.8 Å². The zero-order valence-corrected chi connectivity index (χ0v) is 12.5. The van der Waals surface area contributed by atoms with Gasteiger partial charge < -0.3 is 5.32 Å². The minimum atomic E-state index is -0.777. The molecule has 0 aliphatic heterocycles. The number of nitrogens with one attached hydrogen (secondary N) is 1. The molecule has 0 spiro atoms. The molecule has 0 saturated heterocycles. The summed E-state index contributed by atoms with van der Waals surface area (Å²) < 4.78 is 26.0. The normalized spacial score (nSPS) is 17.9. The molecule has 0 heterocycles. The van der Waals surface area contributed by atoms with Crippen molar-refractivity contribution in [1.29, 1.82) is 0 Å². The zero-order chi connectivity index (χ0) is 14.6. The van der Waals surface area contributed by atoms with E-state index < -0.39 is 11.6 Å². The quantitative estimate of drug-likeness (QED) is 0.799. The molecule has 1 fully saturated rings. The highest BCUT2D eigenvalue weighted by Crippen LogP contribution is 2.42. The SMILES string of the molecule is CC(C)CC1(CNCc2ccc(F)c(F)c2)CCCC1. The van der Waals surface area contributed by atoms with Crippen molar-refractivity contribution in [3.8, 4) is 0 Å². The molecule has 0 amide bonds. The lowest BCUT2D eigenvalue weighted by molar-refractivity contribution is 0.223. The molecule has 3 heteroatoms. The second-order valence-corrected chi connectivity index (χ2v) is 6.66. The van der Waals surface area contributed by atoms with Gasteiger partial charge in [0, 0.05) is 13.1 Å². The van der Waals surface area contributed by atoms with Crippen LogP contribution in [0.4, 0.5) is 8.78 Å². The van der Waals surface area contributed by atoms with Crippen molar-refractivity contribution in [2.45, 2.75) is 52.5 Å². The molecule has 1 aliphatic rings. The summed E-state index contributed by atoms with van der Waals surface area (Å²) in [6.45, 7) is 6.13. The Bertz CT molecular complexity index is 437. The molecule has 1 N–H and O–H groups in total. The molecule has 112 valence electrons. The van der Waals surface area contributed by atoms with Crippen LogP contribution in [-0.2, 0) is 6.54 Å². The average molecular weight is 281 g/mol. The van der Waals surface area contributed by atoms with Gasteiger partial charge in [-0.05, 0) is 48.3 Å². The van der Waals surface area contributed by atoms with Crippen LogP contribution < -0.4 is 5.32 Å². The maximum absolute atomic E-state index is 13.2. The van der Waals surface area contributed by atoms with Gasteiger partial charge in [0.2, 0.25) is 0 Å². The predicted molar refractivity (Wildman–Crippen MR) is 78.4 cm³/mol. The van der Waals surface area contributed by atoms with Crippen molar-refractivity contribution in [3.05, 3.63) is 35.4 Å². The van der Waals surface area contributed by atoms with E-state index in [1.807, 2.05) is 0 Å². The van der Waals surface area contributed by atoms with E-state index in [0.717, 1.165) is 12.1 Å². The summed E-state index contributed by atoms with van der Waals surface area (Å²) in [5.41, 5.74) is 1.22. The maximum atomic E-state index is 13.2. The van der Waals surface area contributed by atoms with E-state index >= 15 is 0 Å². The van der Waals surface area contributed by atoms with E-state index in [1.165, 1.54) is 44.2 Å². The molecule has 20 heavy (non-hydrogen) atoms. The molecule has 1 saturated carbocycles. The van der Waals surface area contributed by atoms with Gasteiger partial charge in [-0.15, -0.1) is 0 Å². The molecular formula is C17H25F2N. The summed E-state index contributed by atoms with van der Waals surface area (Å²) in [6, 6.07) is 4.13. The molecule has 2 rings (SSSR count). The largest absolute Gasteiger partial charge is 0.312 e. The van der Waals surface area contributed by atoms with Gasteiger partial charge in [-0.3, -0.25) is 0 Å². The first-order chi connectivity index (χ1) is 9.51. The number of benzene rings is 1. The topological polar surface area (TPSA) is 12.0 Å². The van der Waals surface area contributed by atoms with Crippen molar-refractivity contribution < 1.29 is 8.78 Å². The highest BCUT2D eigenvalue weighted by molar-refractivity contribution is 5.17. The molecule has 0 radical (unpaired) electrons. The Morgan fingerprint density at radius 3 is 2.45 bits per heavy atom. The number of halogens is 2.